The van der Waals surface area contributed by atoms with E-state index in [1.54, 1.807) is 0 Å². The standard InChI is InChI=1S/C49H76N16O20/c1-23(50)39(77)59-30(12-16-35(69)70)44(82)62-28(6-4-20-56-49(53)54)43(81)65-33(21-25-7-9-26(66)10-8-25)47(85)58-24(2)40(78)60-31(13-17-36(71)72)45(83)64-32(14-18-37(73)74)46(84)61-27(5-3-19-55-48(51)52)42(80)63-29(11-15-34(67)68)41(79)57-22-38(75)76/h7-10,23-24,27-33,66H,3-6,11-22,50H2,1-2H3,(H,57,79)(H,58,85)(H,59,77)(H,60,78)(H,61,84)(H,62,82)(H,63,80)(H,64,83)(H,65,81)(H,67,68)(H,69,70)(H,71,72)(H,73,74)(H,75,76)(H4,51,52,55)(H4,53,54,56)/t23-,24-,27-,28-,29-,30-,31-,32-,33-/m0/s1. The molecule has 0 unspecified atom stereocenters. The molecule has 1 aromatic carbocycles. The Morgan fingerprint density at radius 1 is 0.412 bits per heavy atom. The summed E-state index contributed by atoms with van der Waals surface area (Å²) in [6.07, 6.45) is -6.29. The number of benzene rings is 1. The van der Waals surface area contributed by atoms with E-state index in [0.29, 0.717) is 5.56 Å². The first-order valence-electron chi connectivity index (χ1n) is 26.2. The van der Waals surface area contributed by atoms with E-state index in [9.17, 15) is 92.7 Å². The Bertz CT molecular complexity index is 2590. The highest BCUT2D eigenvalue weighted by Crippen LogP contribution is 2.14. The van der Waals surface area contributed by atoms with Crippen molar-refractivity contribution in [2.75, 3.05) is 19.6 Å². The summed E-state index contributed by atoms with van der Waals surface area (Å²) in [6.45, 7) is 1.28. The van der Waals surface area contributed by atoms with Crippen LogP contribution in [-0.2, 0) is 73.5 Å². The van der Waals surface area contributed by atoms with Crippen LogP contribution in [0.3, 0.4) is 0 Å². The van der Waals surface area contributed by atoms with E-state index in [4.69, 9.17) is 33.8 Å². The van der Waals surface area contributed by atoms with Crippen molar-refractivity contribution in [1.29, 1.82) is 0 Å². The van der Waals surface area contributed by atoms with Gasteiger partial charge in [0.15, 0.2) is 11.9 Å². The Balaban J connectivity index is 3.65. The summed E-state index contributed by atoms with van der Waals surface area (Å²) in [7, 11) is 0. The molecular weight excluding hydrogens is 1130 g/mol. The number of carbonyl (C=O) groups excluding carboxylic acids is 9. The highest BCUT2D eigenvalue weighted by molar-refractivity contribution is 5.99. The number of rotatable bonds is 41. The molecule has 25 N–H and O–H groups in total. The Labute approximate surface area is 485 Å². The smallest absolute Gasteiger partial charge is 0.322 e. The second-order valence-electron chi connectivity index (χ2n) is 19.1. The zero-order valence-corrected chi connectivity index (χ0v) is 46.5. The van der Waals surface area contributed by atoms with Crippen molar-refractivity contribution >= 4 is 94.9 Å². The van der Waals surface area contributed by atoms with Crippen LogP contribution in [0.15, 0.2) is 34.3 Å². The first-order chi connectivity index (χ1) is 39.8. The van der Waals surface area contributed by atoms with Crippen molar-refractivity contribution in [3.8, 4) is 5.75 Å². The number of nitrogens with zero attached hydrogens (tertiary/aromatic N) is 2. The van der Waals surface area contributed by atoms with E-state index in [1.807, 2.05) is 5.32 Å². The fraction of sp³-hybridized carbons (Fsp3) is 0.551. The third-order valence-corrected chi connectivity index (χ3v) is 11.9. The number of carboxylic acids is 5. The topological polar surface area (TPSA) is 623 Å². The van der Waals surface area contributed by atoms with Gasteiger partial charge in [-0.2, -0.15) is 0 Å². The van der Waals surface area contributed by atoms with Gasteiger partial charge in [-0.15, -0.1) is 0 Å². The van der Waals surface area contributed by atoms with E-state index in [1.165, 1.54) is 31.2 Å². The van der Waals surface area contributed by atoms with Gasteiger partial charge in [-0.05, 0) is 82.9 Å². The lowest BCUT2D eigenvalue weighted by Crippen LogP contribution is -2.60. The molecule has 0 aliphatic heterocycles. The molecular formula is C49H76N16O20. The number of nitrogens with one attached hydrogen (secondary N) is 9. The highest BCUT2D eigenvalue weighted by Gasteiger charge is 2.35. The molecule has 0 aliphatic rings. The second-order valence-corrected chi connectivity index (χ2v) is 19.1. The van der Waals surface area contributed by atoms with Crippen molar-refractivity contribution in [1.82, 2.24) is 47.9 Å². The number of guanidine groups is 2. The number of phenolic OH excluding ortho intramolecular Hbond substituents is 1. The molecule has 0 aliphatic carbocycles. The maximum Gasteiger partial charge on any atom is 0.322 e. The van der Waals surface area contributed by atoms with Crippen molar-refractivity contribution in [3.05, 3.63) is 29.8 Å². The number of amides is 9. The van der Waals surface area contributed by atoms with Crippen LogP contribution in [0.25, 0.3) is 0 Å². The predicted molar refractivity (Wildman–Crippen MR) is 295 cm³/mol. The number of hydrogen-bond acceptors (Lipinski definition) is 18. The maximum absolute atomic E-state index is 14.2. The molecule has 0 bridgehead atoms. The number of phenols is 1. The van der Waals surface area contributed by atoms with Crippen LogP contribution in [0.4, 0.5) is 0 Å². The molecule has 36 heteroatoms. The van der Waals surface area contributed by atoms with Gasteiger partial charge in [0, 0.05) is 45.2 Å². The maximum atomic E-state index is 14.2. The van der Waals surface area contributed by atoms with Crippen molar-refractivity contribution in [3.63, 3.8) is 0 Å². The fourth-order valence-corrected chi connectivity index (χ4v) is 7.40. The predicted octanol–water partition coefficient (Wildman–Crippen LogP) is -7.05. The number of aliphatic imine (C=N–C) groups is 2. The van der Waals surface area contributed by atoms with E-state index in [-0.39, 0.29) is 62.9 Å². The van der Waals surface area contributed by atoms with Crippen molar-refractivity contribution in [2.45, 2.75) is 152 Å². The van der Waals surface area contributed by atoms with Gasteiger partial charge in [-0.3, -0.25) is 77.1 Å². The third-order valence-electron chi connectivity index (χ3n) is 11.9. The summed E-state index contributed by atoms with van der Waals surface area (Å²) in [5, 5.41) is 77.3. The molecule has 85 heavy (non-hydrogen) atoms. The largest absolute Gasteiger partial charge is 0.508 e. The molecule has 0 spiro atoms. The molecule has 1 aromatic rings. The van der Waals surface area contributed by atoms with E-state index in [2.05, 4.69) is 52.5 Å². The SMILES string of the molecule is C[C@H](N)C(=O)N[C@@H](CCC(=O)O)C(=O)N[C@@H](CCCN=C(N)N)C(=O)N[C@@H](Cc1ccc(O)cc1)C(=O)N[C@@H](C)C(=O)N[C@@H](CCC(=O)O)C(=O)N[C@@H](CCC(=O)O)C(=O)N[C@@H](CCCN=C(N)N)C(=O)N[C@@H](CCC(=O)O)C(=O)NCC(=O)O. The molecule has 0 saturated carbocycles. The third kappa shape index (κ3) is 31.2. The average molecular weight is 1210 g/mol. The normalized spacial score (nSPS) is 13.9. The minimum absolute atomic E-state index is 0.0212. The Morgan fingerprint density at radius 2 is 0.718 bits per heavy atom. The Hall–Kier alpha value is -9.90. The summed E-state index contributed by atoms with van der Waals surface area (Å²) >= 11 is 0. The molecule has 1 rings (SSSR count). The second kappa shape index (κ2) is 38.0. The van der Waals surface area contributed by atoms with Crippen LogP contribution in [0.1, 0.15) is 96.5 Å². The lowest BCUT2D eigenvalue weighted by atomic mass is 10.0. The monoisotopic (exact) mass is 1210 g/mol. The van der Waals surface area contributed by atoms with Gasteiger partial charge < -0.3 is 107 Å². The first-order valence-corrected chi connectivity index (χ1v) is 26.2. The quantitative estimate of drug-likeness (QED) is 0.0165. The molecule has 9 amide bonds. The van der Waals surface area contributed by atoms with Gasteiger partial charge >= 0.3 is 29.8 Å². The van der Waals surface area contributed by atoms with Crippen molar-refractivity contribution in [2.24, 2.45) is 38.7 Å². The van der Waals surface area contributed by atoms with Gasteiger partial charge in [-0.1, -0.05) is 12.1 Å². The molecule has 0 aromatic heterocycles. The molecule has 9 atom stereocenters. The molecule has 36 nitrogen and oxygen atoms in total. The summed E-state index contributed by atoms with van der Waals surface area (Å²) in [6, 6.07) is -9.31. The van der Waals surface area contributed by atoms with Gasteiger partial charge in [0.2, 0.25) is 53.2 Å². The molecule has 0 radical (unpaired) electrons. The fourth-order valence-electron chi connectivity index (χ4n) is 7.40. The summed E-state index contributed by atoms with van der Waals surface area (Å²) in [5.74, 6) is -18.0. The number of aliphatic carboxylic acids is 5. The Kier molecular flexibility index (Phi) is 32.7. The van der Waals surface area contributed by atoms with E-state index < -0.39 is 195 Å². The Morgan fingerprint density at radius 3 is 1.05 bits per heavy atom. The van der Waals surface area contributed by atoms with Crippen LogP contribution < -0.4 is 76.5 Å². The van der Waals surface area contributed by atoms with Gasteiger partial charge in [0.25, 0.3) is 0 Å². The summed E-state index contributed by atoms with van der Waals surface area (Å²) < 4.78 is 0. The van der Waals surface area contributed by atoms with Gasteiger partial charge in [0.05, 0.1) is 6.04 Å². The van der Waals surface area contributed by atoms with E-state index in [0.717, 1.165) is 6.92 Å². The van der Waals surface area contributed by atoms with Crippen LogP contribution >= 0.6 is 0 Å². The number of aromatic hydroxyl groups is 1. The van der Waals surface area contributed by atoms with Gasteiger partial charge in [-0.25, -0.2) is 0 Å². The number of nitrogens with two attached hydrogens (primary N) is 5. The minimum atomic E-state index is -1.88. The molecule has 0 heterocycles. The van der Waals surface area contributed by atoms with Crippen LogP contribution in [0, 0.1) is 0 Å². The van der Waals surface area contributed by atoms with Crippen molar-refractivity contribution < 1.29 is 97.8 Å². The molecule has 0 saturated heterocycles. The lowest BCUT2D eigenvalue weighted by molar-refractivity contribution is -0.140. The number of hydrogen-bond donors (Lipinski definition) is 20. The summed E-state index contributed by atoms with van der Waals surface area (Å²) in [5.41, 5.74) is 27.6. The number of carbonyl (C=O) groups is 14. The first kappa shape index (κ1) is 73.1. The molecule has 0 fully saturated rings. The molecule has 472 valence electrons. The van der Waals surface area contributed by atoms with Crippen LogP contribution in [-0.4, -0.2) is 200 Å². The van der Waals surface area contributed by atoms with Crippen LogP contribution in [0.5, 0.6) is 5.75 Å². The average Bonchev–Trinajstić information content (AvgIpc) is 3.53. The zero-order valence-electron chi connectivity index (χ0n) is 46.5. The number of carboxylic acid groups (broad SMARTS) is 5. The zero-order chi connectivity index (χ0) is 64.5. The van der Waals surface area contributed by atoms with Gasteiger partial charge in [0.1, 0.15) is 60.6 Å². The lowest BCUT2D eigenvalue weighted by Gasteiger charge is -2.27. The minimum Gasteiger partial charge on any atom is -0.508 e. The highest BCUT2D eigenvalue weighted by atomic mass is 16.4. The summed E-state index contributed by atoms with van der Waals surface area (Å²) in [4.78, 5) is 188. The van der Waals surface area contributed by atoms with E-state index >= 15 is 0 Å². The van der Waals surface area contributed by atoms with Crippen LogP contribution in [0.2, 0.25) is 0 Å².